The van der Waals surface area contributed by atoms with Crippen LogP contribution < -0.4 is 32.1 Å². The molecule has 8 rings (SSSR count). The Bertz CT molecular complexity index is 3060. The molecule has 0 unspecified atom stereocenters. The molecule has 1 heterocycles. The van der Waals surface area contributed by atoms with Crippen LogP contribution in [0.4, 0.5) is 30.7 Å². The first-order valence-corrected chi connectivity index (χ1v) is 23.6. The van der Waals surface area contributed by atoms with E-state index in [-0.39, 0.29) is 49.6 Å². The van der Waals surface area contributed by atoms with E-state index in [1.807, 2.05) is 165 Å². The summed E-state index contributed by atoms with van der Waals surface area (Å²) in [5, 5.41) is 15.3. The van der Waals surface area contributed by atoms with E-state index in [1.165, 1.54) is 18.2 Å². The number of alkyl halides is 7. The number of carbonyl (C=O) groups is 1. The maximum absolute atomic E-state index is 13.8. The van der Waals surface area contributed by atoms with Gasteiger partial charge in [-0.3, -0.25) is 4.79 Å². The van der Waals surface area contributed by atoms with Crippen molar-refractivity contribution in [2.45, 2.75) is 24.9 Å². The van der Waals surface area contributed by atoms with Crippen LogP contribution in [0.25, 0.3) is 21.7 Å². The molecule has 0 bridgehead atoms. The number of rotatable bonds is 10. The molecular weight excluding hydrogens is 1070 g/mol. The number of hydrogen-bond donors (Lipinski definition) is 1. The smallest absolute Gasteiger partial charge is 0.460 e. The van der Waals surface area contributed by atoms with E-state index in [4.69, 9.17) is 4.42 Å². The second kappa shape index (κ2) is 22.1. The zero-order chi connectivity index (χ0) is 48.6. The summed E-state index contributed by atoms with van der Waals surface area (Å²) in [6, 6.07) is 56.8. The quantitative estimate of drug-likeness (QED) is 0.0366. The molecule has 0 aliphatic rings. The zero-order valence-electron chi connectivity index (χ0n) is 35.6. The summed E-state index contributed by atoms with van der Waals surface area (Å²) in [6.45, 7) is 5.71. The number of carbonyl (C=O) groups excluding carboxylic acids is 1. The Labute approximate surface area is 417 Å². The van der Waals surface area contributed by atoms with Gasteiger partial charge in [0, 0.05) is 75.8 Å². The number of benzene rings is 7. The normalized spacial score (nSPS) is 12.1. The maximum atomic E-state index is 13.8. The van der Waals surface area contributed by atoms with Gasteiger partial charge in [0.15, 0.2) is 19.8 Å². The molecule has 1 aromatic heterocycles. The van der Waals surface area contributed by atoms with Crippen molar-refractivity contribution in [3.8, 4) is 5.75 Å². The molecule has 0 spiro atoms. The summed E-state index contributed by atoms with van der Waals surface area (Å²) < 4.78 is 123. The van der Waals surface area contributed by atoms with Crippen LogP contribution in [0.3, 0.4) is 0 Å². The van der Waals surface area contributed by atoms with Crippen LogP contribution in [0.15, 0.2) is 221 Å². The molecule has 1 N–H and O–H groups in total. The molecule has 0 aliphatic heterocycles. The molecule has 0 amide bonds. The summed E-state index contributed by atoms with van der Waals surface area (Å²) in [5.41, 5.74) is -4.34. The molecule has 7 aromatic carbocycles. The maximum Gasteiger partial charge on any atom is 0.460 e. The monoisotopic (exact) mass is 1110 g/mol. The fourth-order valence-electron chi connectivity index (χ4n) is 7.10. The minimum atomic E-state index is -6.78. The van der Waals surface area contributed by atoms with Gasteiger partial charge in [0.25, 0.3) is 0 Å². The van der Waals surface area contributed by atoms with Gasteiger partial charge in [-0.1, -0.05) is 201 Å². The summed E-state index contributed by atoms with van der Waals surface area (Å²) in [7, 11) is -5.57. The first-order chi connectivity index (χ1) is 31.8. The summed E-state index contributed by atoms with van der Waals surface area (Å²) >= 11 is 0. The number of ketones is 1. The number of hydrogen-bond acceptors (Lipinski definition) is 6. The predicted octanol–water partition coefficient (Wildman–Crippen LogP) is 12.1. The van der Waals surface area contributed by atoms with Gasteiger partial charge in [-0.15, -0.1) is 0 Å². The third-order valence-electron chi connectivity index (χ3n) is 10.5. The van der Waals surface area contributed by atoms with Gasteiger partial charge in [0.1, 0.15) is 11.3 Å². The van der Waals surface area contributed by atoms with Gasteiger partial charge < -0.3 is 18.7 Å². The first kappa shape index (κ1) is 53.2. The van der Waals surface area contributed by atoms with Crippen molar-refractivity contribution in [3.05, 3.63) is 228 Å². The fraction of sp³-hybridized carbons (Fsp3) is 0.0769. The van der Waals surface area contributed by atoms with Crippen molar-refractivity contribution in [1.29, 1.82) is 0 Å². The van der Waals surface area contributed by atoms with E-state index >= 15 is 0 Å². The second-order valence-electron chi connectivity index (χ2n) is 14.6. The number of allylic oxidation sites excluding steroid dienone is 3. The number of Topliss-reactive ketones (excluding diaryl/α,β-unsaturated/α-hetero) is 1. The van der Waals surface area contributed by atoms with Gasteiger partial charge in [-0.05, 0) is 18.4 Å². The molecule has 0 fully saturated rings. The van der Waals surface area contributed by atoms with Crippen LogP contribution in [0.1, 0.15) is 17.3 Å². The molecule has 1 radical (unpaired) electrons. The van der Waals surface area contributed by atoms with E-state index in [2.05, 4.69) is 6.58 Å². The number of fused-ring (bicyclic) bond motifs is 3. The average molecular weight is 1110 g/mol. The molecule has 0 atom stereocenters. The predicted molar refractivity (Wildman–Crippen MR) is 251 cm³/mol. The van der Waals surface area contributed by atoms with Crippen molar-refractivity contribution in [1.82, 2.24) is 0 Å². The van der Waals surface area contributed by atoms with Crippen LogP contribution in [0.5, 0.6) is 5.75 Å². The largest absolute Gasteiger partial charge is 0.506 e. The van der Waals surface area contributed by atoms with Gasteiger partial charge in [-0.25, -0.2) is 4.79 Å². The van der Waals surface area contributed by atoms with E-state index < -0.39 is 60.4 Å². The molecule has 0 saturated heterocycles. The van der Waals surface area contributed by atoms with E-state index in [1.54, 1.807) is 18.2 Å². The molecule has 16 heteroatoms. The van der Waals surface area contributed by atoms with Crippen molar-refractivity contribution in [2.24, 2.45) is 0 Å². The van der Waals surface area contributed by atoms with E-state index in [9.17, 15) is 54.6 Å². The fourth-order valence-corrected chi connectivity index (χ4v) is 12.5. The Hall–Kier alpha value is -5.78. The summed E-state index contributed by atoms with van der Waals surface area (Å²) in [4.78, 5) is 23.7. The van der Waals surface area contributed by atoms with Crippen molar-refractivity contribution < 1.29 is 92.8 Å². The minimum absolute atomic E-state index is 0. The van der Waals surface area contributed by atoms with Crippen molar-refractivity contribution in [2.75, 3.05) is 0 Å². The molecule has 68 heavy (non-hydrogen) atoms. The van der Waals surface area contributed by atoms with Crippen LogP contribution in [-0.4, -0.2) is 28.9 Å². The molecular formula is C52H39F7O6P2Tb. The third kappa shape index (κ3) is 10.4. The summed E-state index contributed by atoms with van der Waals surface area (Å²) in [5.74, 6) is -17.8. The summed E-state index contributed by atoms with van der Waals surface area (Å²) in [6.07, 6.45) is -3.20. The topological polar surface area (TPSA) is 102 Å². The Morgan fingerprint density at radius 1 is 0.574 bits per heavy atom. The number of halogens is 7. The molecule has 8 aromatic rings. The van der Waals surface area contributed by atoms with Gasteiger partial charge in [0.05, 0.1) is 5.39 Å². The third-order valence-corrected chi connectivity index (χ3v) is 16.8. The Morgan fingerprint density at radius 3 is 1.34 bits per heavy atom. The van der Waals surface area contributed by atoms with E-state index in [0.717, 1.165) is 37.9 Å². The Balaban J connectivity index is 0.000000194. The van der Waals surface area contributed by atoms with Gasteiger partial charge >= 0.3 is 23.6 Å². The van der Waals surface area contributed by atoms with Gasteiger partial charge in [0.2, 0.25) is 5.78 Å². The average Bonchev–Trinajstić information content (AvgIpc) is 3.35. The van der Waals surface area contributed by atoms with E-state index in [0.29, 0.717) is 5.39 Å². The Morgan fingerprint density at radius 2 is 0.956 bits per heavy atom. The molecule has 0 aliphatic carbocycles. The molecule has 0 saturated carbocycles. The Kier molecular flexibility index (Phi) is 17.3. The van der Waals surface area contributed by atoms with Crippen LogP contribution in [0, 0.1) is 38.6 Å². The second-order valence-corrected chi connectivity index (χ2v) is 20.1. The van der Waals surface area contributed by atoms with Crippen molar-refractivity contribution in [3.63, 3.8) is 0 Å². The SMILES string of the molecule is C=C/C(=C\C)P(=O)(c1ccccc1)c1ccccc1.O=C(c1c(O)c2ccc3ccccc3c2oc1=O)C(F)(F)C(F)(F)C(F)(F)F.O=P(c1ccccc1)(c1ccccc1)c1ccccc1.[Tb]. The molecule has 6 nitrogen and oxygen atoms in total. The molecule has 351 valence electrons. The van der Waals surface area contributed by atoms with Crippen LogP contribution >= 0.6 is 14.3 Å². The zero-order valence-corrected chi connectivity index (χ0v) is 39.5. The standard InChI is InChI=1S/C18H15OP.C17H7F7O4.C17H17OP.Tb/c19-20(16-10-4-1-5-11-16,17-12-6-2-7-13-17)18-14-8-3-9-15-18;18-15(19,16(20,21)17(22,23)24)13(26)10-11(25)9-6-5-7-3-1-2-4-8(7)12(9)28-14(10)27;1-3-15(4-2)19(18,16-11-7-5-8-12-16)17-13-9-6-10-14-17;/h1-15H;1-6,25H;3-14H,1H2,2H3;/b;;15-4+;. The first-order valence-electron chi connectivity index (χ1n) is 20.2. The van der Waals surface area contributed by atoms with Crippen LogP contribution in [-0.2, 0) is 9.13 Å². The van der Waals surface area contributed by atoms with Gasteiger partial charge in [-0.2, -0.15) is 30.7 Å². The minimum Gasteiger partial charge on any atom is -0.506 e. The van der Waals surface area contributed by atoms with Crippen molar-refractivity contribution >= 4 is 68.3 Å². The van der Waals surface area contributed by atoms with Crippen LogP contribution in [0.2, 0.25) is 0 Å². The number of aromatic hydroxyl groups is 1.